The molecule has 0 nitrogen and oxygen atoms in total. The molecule has 1 unspecified atom stereocenters. The third kappa shape index (κ3) is 10.1. The Labute approximate surface area is 91.5 Å². The Bertz CT molecular complexity index is 96.2. The van der Waals surface area contributed by atoms with Crippen LogP contribution in [0.25, 0.3) is 0 Å². The van der Waals surface area contributed by atoms with Gasteiger partial charge in [0, 0.05) is 0 Å². The SMILES string of the molecule is [CH2]CCCCCCCCCC(C)CC. The number of hydrogen-bond donors (Lipinski definition) is 0. The van der Waals surface area contributed by atoms with E-state index in [1.54, 1.807) is 0 Å². The summed E-state index contributed by atoms with van der Waals surface area (Å²) in [5.41, 5.74) is 0. The van der Waals surface area contributed by atoms with Crippen LogP contribution in [-0.2, 0) is 0 Å². The lowest BCUT2D eigenvalue weighted by Crippen LogP contribution is -1.91. The summed E-state index contributed by atoms with van der Waals surface area (Å²) in [6, 6.07) is 0. The molecular weight excluding hydrogens is 168 g/mol. The van der Waals surface area contributed by atoms with Crippen LogP contribution in [-0.4, -0.2) is 0 Å². The van der Waals surface area contributed by atoms with E-state index in [4.69, 9.17) is 0 Å². The predicted molar refractivity (Wildman–Crippen MR) is 66.4 cm³/mol. The Balaban J connectivity index is 2.92. The Morgan fingerprint density at radius 1 is 0.857 bits per heavy atom. The van der Waals surface area contributed by atoms with Crippen LogP contribution >= 0.6 is 0 Å². The second-order valence-electron chi connectivity index (χ2n) is 4.63. The van der Waals surface area contributed by atoms with Crippen LogP contribution in [0.15, 0.2) is 0 Å². The van der Waals surface area contributed by atoms with Crippen molar-refractivity contribution in [1.29, 1.82) is 0 Å². The normalized spacial score (nSPS) is 13.1. The Morgan fingerprint density at radius 3 is 1.86 bits per heavy atom. The summed E-state index contributed by atoms with van der Waals surface area (Å²) in [7, 11) is 0. The fourth-order valence-electron chi connectivity index (χ4n) is 1.76. The van der Waals surface area contributed by atoms with Crippen LogP contribution in [0.4, 0.5) is 0 Å². The van der Waals surface area contributed by atoms with Crippen LogP contribution < -0.4 is 0 Å². The Morgan fingerprint density at radius 2 is 1.36 bits per heavy atom. The van der Waals surface area contributed by atoms with Gasteiger partial charge in [-0.25, -0.2) is 0 Å². The molecule has 14 heavy (non-hydrogen) atoms. The van der Waals surface area contributed by atoms with Crippen molar-refractivity contribution in [2.24, 2.45) is 5.92 Å². The van der Waals surface area contributed by atoms with Gasteiger partial charge in [0.1, 0.15) is 0 Å². The molecule has 0 N–H and O–H groups in total. The highest BCUT2D eigenvalue weighted by atomic mass is 14.0. The van der Waals surface area contributed by atoms with Gasteiger partial charge in [-0.15, -0.1) is 0 Å². The minimum absolute atomic E-state index is 0.946. The van der Waals surface area contributed by atoms with Crippen LogP contribution in [0.1, 0.15) is 78.1 Å². The number of unbranched alkanes of at least 4 members (excludes halogenated alkanes) is 7. The van der Waals surface area contributed by atoms with E-state index in [2.05, 4.69) is 20.8 Å². The van der Waals surface area contributed by atoms with Gasteiger partial charge in [0.25, 0.3) is 0 Å². The van der Waals surface area contributed by atoms with Crippen molar-refractivity contribution in [2.75, 3.05) is 0 Å². The van der Waals surface area contributed by atoms with Gasteiger partial charge in [0.15, 0.2) is 0 Å². The summed E-state index contributed by atoms with van der Waals surface area (Å²) in [4.78, 5) is 0. The largest absolute Gasteiger partial charge is 0.0651 e. The highest BCUT2D eigenvalue weighted by Crippen LogP contribution is 2.14. The van der Waals surface area contributed by atoms with E-state index in [-0.39, 0.29) is 0 Å². The van der Waals surface area contributed by atoms with Gasteiger partial charge in [-0.05, 0) is 5.92 Å². The van der Waals surface area contributed by atoms with Crippen LogP contribution in [0, 0.1) is 12.8 Å². The summed E-state index contributed by atoms with van der Waals surface area (Å²) in [5.74, 6) is 0.946. The first-order valence-corrected chi connectivity index (χ1v) is 6.60. The minimum Gasteiger partial charge on any atom is -0.0651 e. The molecule has 0 aromatic carbocycles. The lowest BCUT2D eigenvalue weighted by molar-refractivity contribution is 0.470. The van der Waals surface area contributed by atoms with Crippen molar-refractivity contribution in [3.8, 4) is 0 Å². The number of hydrogen-bond acceptors (Lipinski definition) is 0. The maximum atomic E-state index is 3.86. The smallest absolute Gasteiger partial charge is 0.0445 e. The zero-order chi connectivity index (χ0) is 10.6. The fourth-order valence-corrected chi connectivity index (χ4v) is 1.76. The first-order valence-electron chi connectivity index (χ1n) is 6.60. The zero-order valence-corrected chi connectivity index (χ0v) is 10.4. The molecule has 0 aliphatic rings. The van der Waals surface area contributed by atoms with Crippen molar-refractivity contribution < 1.29 is 0 Å². The molecule has 0 amide bonds. The fraction of sp³-hybridized carbons (Fsp3) is 0.929. The second kappa shape index (κ2) is 11.1. The average Bonchev–Trinajstić information content (AvgIpc) is 2.21. The highest BCUT2D eigenvalue weighted by molar-refractivity contribution is 4.52. The van der Waals surface area contributed by atoms with Gasteiger partial charge < -0.3 is 0 Å². The van der Waals surface area contributed by atoms with Crippen molar-refractivity contribution >= 4 is 0 Å². The minimum atomic E-state index is 0.946. The lowest BCUT2D eigenvalue weighted by Gasteiger charge is -2.07. The third-order valence-electron chi connectivity index (χ3n) is 3.14. The molecule has 0 spiro atoms. The molecule has 0 aromatic rings. The maximum Gasteiger partial charge on any atom is -0.0445 e. The predicted octanol–water partition coefficient (Wildman–Crippen LogP) is 5.38. The monoisotopic (exact) mass is 197 g/mol. The molecule has 0 heterocycles. The lowest BCUT2D eigenvalue weighted by atomic mass is 10.00. The highest BCUT2D eigenvalue weighted by Gasteiger charge is 1.97. The van der Waals surface area contributed by atoms with E-state index in [0.29, 0.717) is 0 Å². The molecule has 0 fully saturated rings. The van der Waals surface area contributed by atoms with Gasteiger partial charge in [0.05, 0.1) is 0 Å². The van der Waals surface area contributed by atoms with Crippen LogP contribution in [0.2, 0.25) is 0 Å². The zero-order valence-electron chi connectivity index (χ0n) is 10.4. The van der Waals surface area contributed by atoms with Gasteiger partial charge in [0.2, 0.25) is 0 Å². The van der Waals surface area contributed by atoms with Gasteiger partial charge in [-0.2, -0.15) is 0 Å². The summed E-state index contributed by atoms with van der Waals surface area (Å²) < 4.78 is 0. The summed E-state index contributed by atoms with van der Waals surface area (Å²) in [6.45, 7) is 8.53. The molecule has 0 aliphatic heterocycles. The summed E-state index contributed by atoms with van der Waals surface area (Å²) in [6.07, 6.45) is 13.9. The molecule has 0 saturated heterocycles. The van der Waals surface area contributed by atoms with Crippen molar-refractivity contribution in [1.82, 2.24) is 0 Å². The molecule has 0 aliphatic carbocycles. The first kappa shape index (κ1) is 14.0. The van der Waals surface area contributed by atoms with E-state index in [9.17, 15) is 0 Å². The van der Waals surface area contributed by atoms with Crippen LogP contribution in [0.5, 0.6) is 0 Å². The molecule has 1 atom stereocenters. The molecule has 1 radical (unpaired) electrons. The molecule has 0 heteroatoms. The molecular formula is C14H29. The average molecular weight is 197 g/mol. The Hall–Kier alpha value is 0. The van der Waals surface area contributed by atoms with E-state index >= 15 is 0 Å². The standard InChI is InChI=1S/C14H29/c1-4-6-7-8-9-10-11-12-13-14(3)5-2/h14H,1,4-13H2,2-3H3. The Kier molecular flexibility index (Phi) is 11.1. The molecule has 0 saturated carbocycles. The van der Waals surface area contributed by atoms with E-state index in [1.807, 2.05) is 0 Å². The second-order valence-corrected chi connectivity index (χ2v) is 4.63. The molecule has 0 bridgehead atoms. The van der Waals surface area contributed by atoms with Crippen molar-refractivity contribution in [3.63, 3.8) is 0 Å². The van der Waals surface area contributed by atoms with Crippen molar-refractivity contribution in [3.05, 3.63) is 6.92 Å². The summed E-state index contributed by atoms with van der Waals surface area (Å²) in [5, 5.41) is 0. The van der Waals surface area contributed by atoms with Crippen LogP contribution in [0.3, 0.4) is 0 Å². The third-order valence-corrected chi connectivity index (χ3v) is 3.14. The molecule has 0 rings (SSSR count). The number of rotatable bonds is 10. The van der Waals surface area contributed by atoms with Gasteiger partial charge in [-0.3, -0.25) is 0 Å². The molecule has 0 aromatic heterocycles. The topological polar surface area (TPSA) is 0 Å². The van der Waals surface area contributed by atoms with Gasteiger partial charge in [-0.1, -0.05) is 85.0 Å². The molecule has 85 valence electrons. The van der Waals surface area contributed by atoms with Gasteiger partial charge >= 0.3 is 0 Å². The quantitative estimate of drug-likeness (QED) is 0.413. The first-order chi connectivity index (χ1) is 6.81. The summed E-state index contributed by atoms with van der Waals surface area (Å²) >= 11 is 0. The van der Waals surface area contributed by atoms with Crippen molar-refractivity contribution in [2.45, 2.75) is 78.1 Å². The maximum absolute atomic E-state index is 3.86. The van der Waals surface area contributed by atoms with E-state index in [1.165, 1.54) is 57.8 Å². The van der Waals surface area contributed by atoms with E-state index < -0.39 is 0 Å². The van der Waals surface area contributed by atoms with E-state index in [0.717, 1.165) is 12.3 Å².